The summed E-state index contributed by atoms with van der Waals surface area (Å²) < 4.78 is 13.3. The van der Waals surface area contributed by atoms with Gasteiger partial charge >= 0.3 is 12.0 Å². The molecule has 1 saturated heterocycles. The maximum Gasteiger partial charge on any atom is 0.321 e. The fourth-order valence-electron chi connectivity index (χ4n) is 2.02. The third-order valence-electron chi connectivity index (χ3n) is 3.25. The Bertz CT molecular complexity index is 519. The number of rotatable bonds is 2. The molecule has 0 aliphatic carbocycles. The number of likely N-dealkylation sites (tertiary alicyclic amines) is 1. The quantitative estimate of drug-likeness (QED) is 0.861. The average molecular weight is 266 g/mol. The summed E-state index contributed by atoms with van der Waals surface area (Å²) in [6, 6.07) is 4.04. The Kier molecular flexibility index (Phi) is 3.69. The fraction of sp³-hybridized carbons (Fsp3) is 0.385. The third-order valence-corrected chi connectivity index (χ3v) is 3.25. The van der Waals surface area contributed by atoms with Crippen LogP contribution in [-0.4, -0.2) is 35.1 Å². The zero-order chi connectivity index (χ0) is 14.0. The van der Waals surface area contributed by atoms with E-state index in [-0.39, 0.29) is 12.4 Å². The maximum absolute atomic E-state index is 13.3. The molecule has 0 radical (unpaired) electrons. The monoisotopic (exact) mass is 266 g/mol. The van der Waals surface area contributed by atoms with Crippen molar-refractivity contribution >= 4 is 17.7 Å². The lowest BCUT2D eigenvalue weighted by molar-refractivity contribution is -0.141. The molecule has 2 N–H and O–H groups in total. The number of amides is 2. The molecule has 0 saturated carbocycles. The molecule has 2 amide bonds. The number of urea groups is 1. The van der Waals surface area contributed by atoms with Gasteiger partial charge in [-0.3, -0.25) is 4.79 Å². The summed E-state index contributed by atoms with van der Waals surface area (Å²) in [5.74, 6) is -1.79. The van der Waals surface area contributed by atoms with Gasteiger partial charge in [0.15, 0.2) is 0 Å². The molecule has 0 bridgehead atoms. The fourth-order valence-corrected chi connectivity index (χ4v) is 2.02. The number of nitrogens with one attached hydrogen (secondary N) is 1. The molecule has 1 fully saturated rings. The molecule has 1 atom stereocenters. The molecule has 0 aromatic heterocycles. The molecule has 1 unspecified atom stereocenters. The van der Waals surface area contributed by atoms with Gasteiger partial charge in [0.25, 0.3) is 0 Å². The zero-order valence-electron chi connectivity index (χ0n) is 10.5. The highest BCUT2D eigenvalue weighted by Gasteiger charge is 2.30. The van der Waals surface area contributed by atoms with E-state index in [9.17, 15) is 14.0 Å². The van der Waals surface area contributed by atoms with Crippen LogP contribution >= 0.6 is 0 Å². The number of carbonyl (C=O) groups is 2. The molecule has 1 aromatic carbocycles. The number of nitrogens with zero attached hydrogens (tertiary/aromatic N) is 1. The van der Waals surface area contributed by atoms with Crippen LogP contribution < -0.4 is 5.32 Å². The van der Waals surface area contributed by atoms with Crippen molar-refractivity contribution in [1.29, 1.82) is 0 Å². The number of aliphatic carboxylic acids is 1. The zero-order valence-corrected chi connectivity index (χ0v) is 10.5. The number of hydrogen-bond donors (Lipinski definition) is 2. The number of aryl methyl sites for hydroxylation is 1. The number of carbonyl (C=O) groups excluding carboxylic acids is 1. The molecule has 6 heteroatoms. The van der Waals surface area contributed by atoms with Gasteiger partial charge in [0.2, 0.25) is 0 Å². The van der Waals surface area contributed by atoms with Gasteiger partial charge in [0, 0.05) is 18.8 Å². The highest BCUT2D eigenvalue weighted by Crippen LogP contribution is 2.19. The first-order valence-electron chi connectivity index (χ1n) is 6.02. The van der Waals surface area contributed by atoms with Gasteiger partial charge < -0.3 is 15.3 Å². The van der Waals surface area contributed by atoms with Crippen molar-refractivity contribution in [1.82, 2.24) is 4.90 Å². The molecule has 1 heterocycles. The van der Waals surface area contributed by atoms with Gasteiger partial charge in [0.1, 0.15) is 5.82 Å². The summed E-state index contributed by atoms with van der Waals surface area (Å²) in [7, 11) is 0. The largest absolute Gasteiger partial charge is 0.481 e. The van der Waals surface area contributed by atoms with Crippen molar-refractivity contribution in [2.24, 2.45) is 5.92 Å². The number of benzene rings is 1. The molecule has 2 rings (SSSR count). The number of carboxylic acids is 1. The minimum atomic E-state index is -0.892. The van der Waals surface area contributed by atoms with Gasteiger partial charge in [-0.1, -0.05) is 6.07 Å². The van der Waals surface area contributed by atoms with Gasteiger partial charge in [-0.15, -0.1) is 0 Å². The number of carboxylic acid groups (broad SMARTS) is 1. The van der Waals surface area contributed by atoms with Crippen molar-refractivity contribution in [2.45, 2.75) is 13.3 Å². The molecule has 102 valence electrons. The smallest absolute Gasteiger partial charge is 0.321 e. The molecule has 0 spiro atoms. The second-order valence-electron chi connectivity index (χ2n) is 4.66. The Balaban J connectivity index is 1.98. The normalized spacial score (nSPS) is 18.4. The molecular formula is C13H15FN2O3. The standard InChI is InChI=1S/C13H15FN2O3/c1-8-2-3-10(6-11(8)14)15-13(19)16-5-4-9(7-16)12(17)18/h2-3,6,9H,4-5,7H2,1H3,(H,15,19)(H,17,18). The van der Waals surface area contributed by atoms with Gasteiger partial charge in [-0.05, 0) is 31.0 Å². The van der Waals surface area contributed by atoms with E-state index in [0.717, 1.165) is 0 Å². The molecule has 19 heavy (non-hydrogen) atoms. The number of halogens is 1. The lowest BCUT2D eigenvalue weighted by Gasteiger charge is -2.16. The van der Waals surface area contributed by atoms with Crippen molar-refractivity contribution in [2.75, 3.05) is 18.4 Å². The van der Waals surface area contributed by atoms with Crippen LogP contribution in [0.25, 0.3) is 0 Å². The predicted octanol–water partition coefficient (Wildman–Crippen LogP) is 2.07. The van der Waals surface area contributed by atoms with E-state index in [1.807, 2.05) is 0 Å². The Morgan fingerprint density at radius 2 is 2.21 bits per heavy atom. The van der Waals surface area contributed by atoms with Crippen molar-refractivity contribution in [3.05, 3.63) is 29.6 Å². The van der Waals surface area contributed by atoms with Gasteiger partial charge in [-0.25, -0.2) is 9.18 Å². The molecule has 5 nitrogen and oxygen atoms in total. The van der Waals surface area contributed by atoms with Gasteiger partial charge in [0.05, 0.1) is 5.92 Å². The van der Waals surface area contributed by atoms with Gasteiger partial charge in [-0.2, -0.15) is 0 Å². The second-order valence-corrected chi connectivity index (χ2v) is 4.66. The van der Waals surface area contributed by atoms with E-state index in [1.165, 1.54) is 11.0 Å². The predicted molar refractivity (Wildman–Crippen MR) is 67.5 cm³/mol. The van der Waals surface area contributed by atoms with Crippen LogP contribution in [0.15, 0.2) is 18.2 Å². The lowest BCUT2D eigenvalue weighted by atomic mass is 10.1. The molecular weight excluding hydrogens is 251 g/mol. The topological polar surface area (TPSA) is 69.6 Å². The highest BCUT2D eigenvalue weighted by molar-refractivity contribution is 5.90. The Morgan fingerprint density at radius 3 is 2.79 bits per heavy atom. The molecule has 1 aliphatic rings. The van der Waals surface area contributed by atoms with Crippen molar-refractivity contribution in [3.63, 3.8) is 0 Å². The summed E-state index contributed by atoms with van der Waals surface area (Å²) in [4.78, 5) is 24.1. The van der Waals surface area contributed by atoms with Crippen LogP contribution in [0.3, 0.4) is 0 Å². The first-order valence-corrected chi connectivity index (χ1v) is 6.02. The summed E-state index contributed by atoms with van der Waals surface area (Å²) in [5.41, 5.74) is 0.872. The first kappa shape index (κ1) is 13.3. The number of hydrogen-bond acceptors (Lipinski definition) is 2. The summed E-state index contributed by atoms with van der Waals surface area (Å²) >= 11 is 0. The Hall–Kier alpha value is -2.11. The summed E-state index contributed by atoms with van der Waals surface area (Å²) in [6.07, 6.45) is 0.449. The van der Waals surface area contributed by atoms with Crippen LogP contribution in [0.1, 0.15) is 12.0 Å². The van der Waals surface area contributed by atoms with Crippen LogP contribution in [0.4, 0.5) is 14.9 Å². The van der Waals surface area contributed by atoms with E-state index in [4.69, 9.17) is 5.11 Å². The van der Waals surface area contributed by atoms with Crippen LogP contribution in [0, 0.1) is 18.7 Å². The summed E-state index contributed by atoms with van der Waals surface area (Å²) in [6.45, 7) is 2.23. The lowest BCUT2D eigenvalue weighted by Crippen LogP contribution is -2.33. The maximum atomic E-state index is 13.3. The summed E-state index contributed by atoms with van der Waals surface area (Å²) in [5, 5.41) is 11.4. The van der Waals surface area contributed by atoms with E-state index >= 15 is 0 Å². The van der Waals surface area contributed by atoms with Crippen LogP contribution in [0.5, 0.6) is 0 Å². The van der Waals surface area contributed by atoms with Crippen LogP contribution in [-0.2, 0) is 4.79 Å². The van der Waals surface area contributed by atoms with E-state index in [0.29, 0.717) is 24.2 Å². The Labute approximate surface area is 110 Å². The molecule has 1 aromatic rings. The highest BCUT2D eigenvalue weighted by atomic mass is 19.1. The second kappa shape index (κ2) is 5.26. The minimum absolute atomic E-state index is 0.190. The SMILES string of the molecule is Cc1ccc(NC(=O)N2CCC(C(=O)O)C2)cc1F. The van der Waals surface area contributed by atoms with Crippen molar-refractivity contribution in [3.8, 4) is 0 Å². The first-order chi connectivity index (χ1) is 8.97. The third kappa shape index (κ3) is 3.01. The molecule has 1 aliphatic heterocycles. The number of anilines is 1. The van der Waals surface area contributed by atoms with Crippen LogP contribution in [0.2, 0.25) is 0 Å². The van der Waals surface area contributed by atoms with Crippen molar-refractivity contribution < 1.29 is 19.1 Å². The van der Waals surface area contributed by atoms with E-state index < -0.39 is 17.9 Å². The minimum Gasteiger partial charge on any atom is -0.481 e. The van der Waals surface area contributed by atoms with E-state index in [2.05, 4.69) is 5.32 Å². The average Bonchev–Trinajstić information content (AvgIpc) is 2.83. The Morgan fingerprint density at radius 1 is 1.47 bits per heavy atom. The van der Waals surface area contributed by atoms with E-state index in [1.54, 1.807) is 19.1 Å².